The second-order valence-corrected chi connectivity index (χ2v) is 2.33. The van der Waals surface area contributed by atoms with Crippen LogP contribution in [0.25, 0.3) is 0 Å². The van der Waals surface area contributed by atoms with E-state index in [1.807, 2.05) is 14.0 Å². The number of terminal acetylenes is 1. The number of carbonyl (C=O) groups is 1. The first-order chi connectivity index (χ1) is 5.20. The lowest BCUT2D eigenvalue weighted by Crippen LogP contribution is -2.35. The van der Waals surface area contributed by atoms with E-state index in [0.717, 1.165) is 0 Å². The number of likely N-dealkylation sites (N-methyl/N-ethyl adjacent to an activating group) is 2. The van der Waals surface area contributed by atoms with Crippen LogP contribution < -0.4 is 5.32 Å². The fourth-order valence-electron chi connectivity index (χ4n) is 0.710. The number of hydrogen-bond acceptors (Lipinski definition) is 2. The third-order valence-corrected chi connectivity index (χ3v) is 1.15. The van der Waals surface area contributed by atoms with Crippen LogP contribution >= 0.6 is 0 Å². The van der Waals surface area contributed by atoms with Crippen molar-refractivity contribution in [1.82, 2.24) is 10.2 Å². The van der Waals surface area contributed by atoms with Gasteiger partial charge in [0.25, 0.3) is 0 Å². The lowest BCUT2D eigenvalue weighted by molar-refractivity contribution is -0.121. The molecule has 0 bridgehead atoms. The molecule has 62 valence electrons. The van der Waals surface area contributed by atoms with Gasteiger partial charge >= 0.3 is 0 Å². The number of nitrogens with zero attached hydrogens (tertiary/aromatic N) is 1. The van der Waals surface area contributed by atoms with Gasteiger partial charge in [0.05, 0.1) is 13.1 Å². The lowest BCUT2D eigenvalue weighted by Gasteiger charge is -2.11. The highest BCUT2D eigenvalue weighted by Gasteiger charge is 2.02. The number of carbonyl (C=O) groups excluding carboxylic acids is 1. The summed E-state index contributed by atoms with van der Waals surface area (Å²) in [5, 5.41) is 2.69. The second-order valence-electron chi connectivity index (χ2n) is 2.33. The highest BCUT2D eigenvalue weighted by Crippen LogP contribution is 1.78. The molecule has 0 aliphatic rings. The molecule has 0 aromatic heterocycles. The number of rotatable bonds is 4. The molecule has 0 saturated carbocycles. The van der Waals surface area contributed by atoms with Crippen molar-refractivity contribution in [2.24, 2.45) is 0 Å². The van der Waals surface area contributed by atoms with Gasteiger partial charge in [0.2, 0.25) is 5.91 Å². The Kier molecular flexibility index (Phi) is 5.22. The average molecular weight is 154 g/mol. The van der Waals surface area contributed by atoms with Crippen molar-refractivity contribution in [3.05, 3.63) is 0 Å². The van der Waals surface area contributed by atoms with Crippen molar-refractivity contribution in [1.29, 1.82) is 0 Å². The summed E-state index contributed by atoms with van der Waals surface area (Å²) in [4.78, 5) is 12.7. The molecule has 0 spiro atoms. The quantitative estimate of drug-likeness (QED) is 0.563. The van der Waals surface area contributed by atoms with Crippen LogP contribution in [0.3, 0.4) is 0 Å². The molecule has 1 amide bonds. The van der Waals surface area contributed by atoms with Crippen molar-refractivity contribution in [3.63, 3.8) is 0 Å². The molecule has 0 aromatic carbocycles. The minimum Gasteiger partial charge on any atom is -0.355 e. The van der Waals surface area contributed by atoms with Gasteiger partial charge in [-0.3, -0.25) is 9.69 Å². The van der Waals surface area contributed by atoms with Crippen molar-refractivity contribution >= 4 is 5.91 Å². The second kappa shape index (κ2) is 5.75. The van der Waals surface area contributed by atoms with Crippen molar-refractivity contribution in [2.75, 3.05) is 26.7 Å². The molecule has 0 aromatic rings. The Morgan fingerprint density at radius 3 is 2.82 bits per heavy atom. The lowest BCUT2D eigenvalue weighted by atomic mass is 10.5. The molecule has 3 heteroatoms. The molecule has 0 saturated heterocycles. The Morgan fingerprint density at radius 1 is 1.73 bits per heavy atom. The van der Waals surface area contributed by atoms with E-state index >= 15 is 0 Å². The highest BCUT2D eigenvalue weighted by atomic mass is 16.1. The van der Waals surface area contributed by atoms with Gasteiger partial charge in [-0.1, -0.05) is 5.92 Å². The number of amides is 1. The van der Waals surface area contributed by atoms with E-state index < -0.39 is 0 Å². The van der Waals surface area contributed by atoms with Crippen molar-refractivity contribution in [2.45, 2.75) is 6.92 Å². The van der Waals surface area contributed by atoms with Gasteiger partial charge in [-0.15, -0.1) is 6.42 Å². The van der Waals surface area contributed by atoms with Gasteiger partial charge in [-0.05, 0) is 14.0 Å². The smallest absolute Gasteiger partial charge is 0.234 e. The highest BCUT2D eigenvalue weighted by molar-refractivity contribution is 5.77. The van der Waals surface area contributed by atoms with Crippen molar-refractivity contribution in [3.8, 4) is 12.3 Å². The summed E-state index contributed by atoms with van der Waals surface area (Å²) in [5.41, 5.74) is 0. The van der Waals surface area contributed by atoms with Crippen LogP contribution in [0, 0.1) is 12.3 Å². The molecule has 11 heavy (non-hydrogen) atoms. The molecule has 0 fully saturated rings. The minimum atomic E-state index is 0.0188. The Labute approximate surface area is 67.8 Å². The summed E-state index contributed by atoms with van der Waals surface area (Å²) in [7, 11) is 1.81. The van der Waals surface area contributed by atoms with Gasteiger partial charge in [-0.25, -0.2) is 0 Å². The maximum atomic E-state index is 10.9. The van der Waals surface area contributed by atoms with E-state index in [4.69, 9.17) is 6.42 Å². The first-order valence-electron chi connectivity index (χ1n) is 3.59. The van der Waals surface area contributed by atoms with E-state index in [-0.39, 0.29) is 5.91 Å². The van der Waals surface area contributed by atoms with Crippen LogP contribution in [-0.2, 0) is 4.79 Å². The van der Waals surface area contributed by atoms with Gasteiger partial charge < -0.3 is 5.32 Å². The van der Waals surface area contributed by atoms with Crippen LogP contribution in [0.15, 0.2) is 0 Å². The Balaban J connectivity index is 3.50. The molecule has 0 radical (unpaired) electrons. The third-order valence-electron chi connectivity index (χ3n) is 1.15. The van der Waals surface area contributed by atoms with E-state index in [1.165, 1.54) is 0 Å². The summed E-state index contributed by atoms with van der Waals surface area (Å²) in [6, 6.07) is 0. The molecule has 0 rings (SSSR count). The summed E-state index contributed by atoms with van der Waals surface area (Å²) >= 11 is 0. The Morgan fingerprint density at radius 2 is 2.36 bits per heavy atom. The molecule has 0 aliphatic heterocycles. The van der Waals surface area contributed by atoms with Gasteiger partial charge in [-0.2, -0.15) is 0 Å². The average Bonchev–Trinajstić information content (AvgIpc) is 1.87. The maximum Gasteiger partial charge on any atom is 0.234 e. The predicted molar refractivity (Wildman–Crippen MR) is 45.0 cm³/mol. The predicted octanol–water partition coefficient (Wildman–Crippen LogP) is -0.312. The summed E-state index contributed by atoms with van der Waals surface area (Å²) < 4.78 is 0. The van der Waals surface area contributed by atoms with E-state index in [9.17, 15) is 4.79 Å². The first kappa shape index (κ1) is 9.99. The van der Waals surface area contributed by atoms with Crippen molar-refractivity contribution < 1.29 is 4.79 Å². The van der Waals surface area contributed by atoms with Crippen LogP contribution in [0.5, 0.6) is 0 Å². The maximum absolute atomic E-state index is 10.9. The zero-order chi connectivity index (χ0) is 8.69. The molecule has 1 N–H and O–H groups in total. The topological polar surface area (TPSA) is 32.3 Å². The Hall–Kier alpha value is -1.01. The SMILES string of the molecule is C#CCN(C)CC(=O)NCC. The number of nitrogens with one attached hydrogen (secondary N) is 1. The largest absolute Gasteiger partial charge is 0.355 e. The fourth-order valence-corrected chi connectivity index (χ4v) is 0.710. The summed E-state index contributed by atoms with van der Waals surface area (Å²) in [6.45, 7) is 3.44. The van der Waals surface area contributed by atoms with Crippen LogP contribution in [0.2, 0.25) is 0 Å². The molecular formula is C8H14N2O. The molecule has 3 nitrogen and oxygen atoms in total. The monoisotopic (exact) mass is 154 g/mol. The zero-order valence-corrected chi connectivity index (χ0v) is 7.05. The Bertz CT molecular complexity index is 160. The van der Waals surface area contributed by atoms with E-state index in [0.29, 0.717) is 19.6 Å². The summed E-state index contributed by atoms with van der Waals surface area (Å²) in [6.07, 6.45) is 5.06. The molecule has 0 unspecified atom stereocenters. The molecule has 0 heterocycles. The fraction of sp³-hybridized carbons (Fsp3) is 0.625. The van der Waals surface area contributed by atoms with E-state index in [1.54, 1.807) is 4.90 Å². The summed E-state index contributed by atoms with van der Waals surface area (Å²) in [5.74, 6) is 2.48. The molecule has 0 aliphatic carbocycles. The van der Waals surface area contributed by atoms with Gasteiger partial charge in [0.1, 0.15) is 0 Å². The van der Waals surface area contributed by atoms with Crippen LogP contribution in [-0.4, -0.2) is 37.5 Å². The van der Waals surface area contributed by atoms with Crippen LogP contribution in [0.4, 0.5) is 0 Å². The normalized spacial score (nSPS) is 9.27. The third kappa shape index (κ3) is 5.43. The zero-order valence-electron chi connectivity index (χ0n) is 7.05. The molecule has 0 atom stereocenters. The number of hydrogen-bond donors (Lipinski definition) is 1. The minimum absolute atomic E-state index is 0.0188. The molecular weight excluding hydrogens is 140 g/mol. The van der Waals surface area contributed by atoms with Gasteiger partial charge in [0, 0.05) is 6.54 Å². The van der Waals surface area contributed by atoms with E-state index in [2.05, 4.69) is 11.2 Å². The first-order valence-corrected chi connectivity index (χ1v) is 3.59. The van der Waals surface area contributed by atoms with Gasteiger partial charge in [0.15, 0.2) is 0 Å². The van der Waals surface area contributed by atoms with Crippen LogP contribution in [0.1, 0.15) is 6.92 Å². The standard InChI is InChI=1S/C8H14N2O/c1-4-6-10(3)7-8(11)9-5-2/h1H,5-7H2,2-3H3,(H,9,11).